The first-order valence-corrected chi connectivity index (χ1v) is 9.59. The second-order valence-corrected chi connectivity index (χ2v) is 7.16. The van der Waals surface area contributed by atoms with Crippen LogP contribution in [-0.2, 0) is 4.79 Å². The molecule has 0 aliphatic carbocycles. The molecule has 0 aliphatic rings. The Morgan fingerprint density at radius 3 is 2.48 bits per heavy atom. The van der Waals surface area contributed by atoms with E-state index in [1.165, 1.54) is 31.5 Å². The summed E-state index contributed by atoms with van der Waals surface area (Å²) in [6, 6.07) is 6.11. The number of anilines is 1. The van der Waals surface area contributed by atoms with E-state index in [-0.39, 0.29) is 33.3 Å². The zero-order valence-corrected chi connectivity index (χ0v) is 17.0. The highest BCUT2D eigenvalue weighted by molar-refractivity contribution is 7.14. The molecule has 2 aromatic carbocycles. The van der Waals surface area contributed by atoms with Gasteiger partial charge in [0.15, 0.2) is 16.7 Å². The van der Waals surface area contributed by atoms with Crippen LogP contribution in [0.15, 0.2) is 41.3 Å². The maximum atomic E-state index is 14.4. The number of hydrogen-bond donors (Lipinski definition) is 2. The number of halogens is 3. The number of carbonyl (C=O) groups excluding carboxylic acids is 1. The number of methoxy groups -OCH3 is 1. The SMILES string of the molecule is COc1cccc(-c2csc(NC(=O)c3cc(F)c(C=C(C)C(=O)O)c(F)c3)n2)c1F. The number of carbonyl (C=O) groups is 2. The first-order chi connectivity index (χ1) is 14.7. The van der Waals surface area contributed by atoms with Crippen LogP contribution in [0.3, 0.4) is 0 Å². The molecule has 1 aromatic heterocycles. The average Bonchev–Trinajstić information content (AvgIpc) is 3.18. The highest BCUT2D eigenvalue weighted by atomic mass is 32.1. The molecule has 0 unspecified atom stereocenters. The van der Waals surface area contributed by atoms with Gasteiger partial charge in [0.05, 0.1) is 12.8 Å². The number of aliphatic carboxylic acids is 1. The fraction of sp³-hybridized carbons (Fsp3) is 0.0952. The van der Waals surface area contributed by atoms with Crippen molar-refractivity contribution in [1.82, 2.24) is 4.98 Å². The van der Waals surface area contributed by atoms with Crippen molar-refractivity contribution in [2.45, 2.75) is 6.92 Å². The molecule has 0 saturated heterocycles. The normalized spacial score (nSPS) is 11.3. The minimum absolute atomic E-state index is 0.0364. The molecule has 0 saturated carbocycles. The van der Waals surface area contributed by atoms with E-state index in [1.807, 2.05) is 0 Å². The van der Waals surface area contributed by atoms with Crippen molar-refractivity contribution in [3.05, 3.63) is 69.9 Å². The molecular formula is C21H15F3N2O4S. The third-order valence-corrected chi connectivity index (χ3v) is 4.98. The highest BCUT2D eigenvalue weighted by Gasteiger charge is 2.18. The van der Waals surface area contributed by atoms with Crippen LogP contribution in [0.5, 0.6) is 5.75 Å². The second-order valence-electron chi connectivity index (χ2n) is 6.30. The van der Waals surface area contributed by atoms with Crippen LogP contribution in [0.25, 0.3) is 17.3 Å². The number of carboxylic acid groups (broad SMARTS) is 1. The first kappa shape index (κ1) is 22.0. The van der Waals surface area contributed by atoms with E-state index < -0.39 is 34.9 Å². The van der Waals surface area contributed by atoms with Gasteiger partial charge in [-0.3, -0.25) is 10.1 Å². The number of hydrogen-bond acceptors (Lipinski definition) is 5. The number of rotatable bonds is 6. The smallest absolute Gasteiger partial charge is 0.331 e. The summed E-state index contributed by atoms with van der Waals surface area (Å²) in [6.07, 6.45) is 0.838. The van der Waals surface area contributed by atoms with Crippen molar-refractivity contribution in [2.75, 3.05) is 12.4 Å². The molecule has 1 heterocycles. The van der Waals surface area contributed by atoms with Crippen LogP contribution < -0.4 is 10.1 Å². The molecule has 2 N–H and O–H groups in total. The standard InChI is InChI=1S/C21H15F3N2O4S/c1-10(20(28)29)6-13-14(22)7-11(8-15(13)23)19(27)26-21-25-16(9-31-21)12-4-3-5-17(30-2)18(12)24/h3-9H,1-2H3,(H,28,29)(H,25,26,27). The van der Waals surface area contributed by atoms with Crippen LogP contribution in [0.1, 0.15) is 22.8 Å². The molecule has 160 valence electrons. The second kappa shape index (κ2) is 9.00. The van der Waals surface area contributed by atoms with Crippen LogP contribution in [0, 0.1) is 17.5 Å². The van der Waals surface area contributed by atoms with Crippen molar-refractivity contribution < 1.29 is 32.6 Å². The number of amides is 1. The molecule has 0 bridgehead atoms. The minimum Gasteiger partial charge on any atom is -0.494 e. The predicted octanol–water partition coefficient (Wildman–Crippen LogP) is 4.98. The van der Waals surface area contributed by atoms with E-state index in [9.17, 15) is 22.8 Å². The molecular weight excluding hydrogens is 433 g/mol. The van der Waals surface area contributed by atoms with Crippen LogP contribution in [-0.4, -0.2) is 29.1 Å². The lowest BCUT2D eigenvalue weighted by Gasteiger charge is -2.06. The third-order valence-electron chi connectivity index (χ3n) is 4.22. The number of aromatic nitrogens is 1. The predicted molar refractivity (Wildman–Crippen MR) is 110 cm³/mol. The number of benzene rings is 2. The molecule has 10 heteroatoms. The van der Waals surface area contributed by atoms with E-state index in [2.05, 4.69) is 10.3 Å². The summed E-state index contributed by atoms with van der Waals surface area (Å²) in [5.74, 6) is -4.93. The Labute approximate surface area is 178 Å². The van der Waals surface area contributed by atoms with Gasteiger partial charge in [-0.25, -0.2) is 22.9 Å². The lowest BCUT2D eigenvalue weighted by Crippen LogP contribution is -2.13. The molecule has 0 aliphatic heterocycles. The van der Waals surface area contributed by atoms with Crippen molar-refractivity contribution in [3.63, 3.8) is 0 Å². The fourth-order valence-corrected chi connectivity index (χ4v) is 3.33. The van der Waals surface area contributed by atoms with E-state index in [4.69, 9.17) is 9.84 Å². The molecule has 31 heavy (non-hydrogen) atoms. The van der Waals surface area contributed by atoms with Crippen LogP contribution in [0.4, 0.5) is 18.3 Å². The zero-order valence-electron chi connectivity index (χ0n) is 16.2. The Hall–Kier alpha value is -3.66. The van der Waals surface area contributed by atoms with Crippen LogP contribution >= 0.6 is 11.3 Å². The Morgan fingerprint density at radius 2 is 1.87 bits per heavy atom. The average molecular weight is 448 g/mol. The van der Waals surface area contributed by atoms with Gasteiger partial charge in [0.25, 0.3) is 5.91 Å². The van der Waals surface area contributed by atoms with Crippen molar-refractivity contribution in [3.8, 4) is 17.0 Å². The topological polar surface area (TPSA) is 88.5 Å². The number of nitrogens with zero attached hydrogens (tertiary/aromatic N) is 1. The van der Waals surface area contributed by atoms with Gasteiger partial charge in [-0.2, -0.15) is 0 Å². The third kappa shape index (κ3) is 4.75. The monoisotopic (exact) mass is 448 g/mol. The fourth-order valence-electron chi connectivity index (χ4n) is 2.62. The van der Waals surface area contributed by atoms with E-state index in [0.717, 1.165) is 29.5 Å². The van der Waals surface area contributed by atoms with Gasteiger partial charge in [-0.05, 0) is 37.3 Å². The molecule has 0 fully saturated rings. The molecule has 1 amide bonds. The van der Waals surface area contributed by atoms with Crippen molar-refractivity contribution in [1.29, 1.82) is 0 Å². The molecule has 6 nitrogen and oxygen atoms in total. The minimum atomic E-state index is -1.33. The Kier molecular flexibility index (Phi) is 6.40. The van der Waals surface area contributed by atoms with Gasteiger partial charge in [-0.1, -0.05) is 6.07 Å². The highest BCUT2D eigenvalue weighted by Crippen LogP contribution is 2.31. The lowest BCUT2D eigenvalue weighted by atomic mass is 10.1. The molecule has 3 aromatic rings. The summed E-state index contributed by atoms with van der Waals surface area (Å²) in [5, 5.41) is 12.9. The van der Waals surface area contributed by atoms with Gasteiger partial charge in [-0.15, -0.1) is 11.3 Å². The van der Waals surface area contributed by atoms with Crippen LogP contribution in [0.2, 0.25) is 0 Å². The Morgan fingerprint density at radius 1 is 1.19 bits per heavy atom. The van der Waals surface area contributed by atoms with Gasteiger partial charge in [0.1, 0.15) is 11.6 Å². The van der Waals surface area contributed by atoms with Gasteiger partial charge >= 0.3 is 5.97 Å². The van der Waals surface area contributed by atoms with Gasteiger partial charge < -0.3 is 9.84 Å². The number of thiazole rings is 1. The summed E-state index contributed by atoms with van der Waals surface area (Å²) < 4.78 is 47.8. The van der Waals surface area contributed by atoms with Crippen molar-refractivity contribution in [2.24, 2.45) is 0 Å². The first-order valence-electron chi connectivity index (χ1n) is 8.71. The van der Waals surface area contributed by atoms with Gasteiger partial charge in [0.2, 0.25) is 0 Å². The maximum Gasteiger partial charge on any atom is 0.331 e. The molecule has 3 rings (SSSR count). The maximum absolute atomic E-state index is 14.4. The molecule has 0 radical (unpaired) electrons. The molecule has 0 spiro atoms. The summed E-state index contributed by atoms with van der Waals surface area (Å²) in [6.45, 7) is 1.19. The van der Waals surface area contributed by atoms with Crippen molar-refractivity contribution >= 4 is 34.4 Å². The quantitative estimate of drug-likeness (QED) is 0.520. The number of nitrogens with one attached hydrogen (secondary N) is 1. The van der Waals surface area contributed by atoms with E-state index >= 15 is 0 Å². The zero-order chi connectivity index (χ0) is 22.7. The van der Waals surface area contributed by atoms with Gasteiger partial charge in [0, 0.05) is 27.6 Å². The summed E-state index contributed by atoms with van der Waals surface area (Å²) >= 11 is 1.000. The summed E-state index contributed by atoms with van der Waals surface area (Å²) in [7, 11) is 1.33. The molecule has 0 atom stereocenters. The lowest BCUT2D eigenvalue weighted by molar-refractivity contribution is -0.132. The Balaban J connectivity index is 1.83. The summed E-state index contributed by atoms with van der Waals surface area (Å²) in [4.78, 5) is 27.4. The van der Waals surface area contributed by atoms with E-state index in [1.54, 1.807) is 6.07 Å². The number of ether oxygens (including phenoxy) is 1. The number of carboxylic acids is 1. The largest absolute Gasteiger partial charge is 0.494 e. The Bertz CT molecular complexity index is 1180. The van der Waals surface area contributed by atoms with E-state index in [0.29, 0.717) is 0 Å². The summed E-state index contributed by atoms with van der Waals surface area (Å²) in [5.41, 5.74) is -0.752.